The van der Waals surface area contributed by atoms with Gasteiger partial charge < -0.3 is 9.73 Å². The summed E-state index contributed by atoms with van der Waals surface area (Å²) in [6.45, 7) is 0. The minimum atomic E-state index is -3.51. The van der Waals surface area contributed by atoms with Crippen molar-refractivity contribution in [3.8, 4) is 0 Å². The molecule has 0 aliphatic rings. The number of nitrogens with one attached hydrogen (secondary N) is 2. The molecule has 2 aromatic rings. The van der Waals surface area contributed by atoms with Crippen LogP contribution in [0.1, 0.15) is 0 Å². The summed E-state index contributed by atoms with van der Waals surface area (Å²) in [4.78, 5) is 22.3. The molecule has 1 aromatic carbocycles. The van der Waals surface area contributed by atoms with Crippen LogP contribution in [0, 0.1) is 0 Å². The van der Waals surface area contributed by atoms with Crippen molar-refractivity contribution < 1.29 is 17.6 Å². The fraction of sp³-hybridized carbons (Fsp3) is 0.0909. The molecule has 0 unspecified atom stereocenters. The second-order valence-electron chi connectivity index (χ2n) is 3.94. The normalized spacial score (nSPS) is 11.3. The SMILES string of the molecule is CS(=O)(=O)Nc1cc2occ(NC=O)c(=O)c2cc1Cl. The summed E-state index contributed by atoms with van der Waals surface area (Å²) in [5.41, 5.74) is -0.276. The van der Waals surface area contributed by atoms with Crippen molar-refractivity contribution in [2.24, 2.45) is 0 Å². The smallest absolute Gasteiger partial charge is 0.229 e. The molecular weight excluding hydrogens is 308 g/mol. The number of hydrogen-bond donors (Lipinski definition) is 2. The summed E-state index contributed by atoms with van der Waals surface area (Å²) < 4.78 is 29.7. The second kappa shape index (κ2) is 5.14. The van der Waals surface area contributed by atoms with Gasteiger partial charge in [0.1, 0.15) is 17.5 Å². The molecule has 0 saturated carbocycles. The van der Waals surface area contributed by atoms with Gasteiger partial charge in [-0.2, -0.15) is 0 Å². The molecule has 0 bridgehead atoms. The number of carbonyl (C=O) groups excluding carboxylic acids is 1. The van der Waals surface area contributed by atoms with Crippen molar-refractivity contribution in [2.45, 2.75) is 0 Å². The Morgan fingerprint density at radius 1 is 1.30 bits per heavy atom. The van der Waals surface area contributed by atoms with Crippen LogP contribution in [0.25, 0.3) is 11.0 Å². The van der Waals surface area contributed by atoms with Crippen molar-refractivity contribution in [3.05, 3.63) is 33.6 Å². The molecule has 0 fully saturated rings. The Bertz CT molecular complexity index is 844. The van der Waals surface area contributed by atoms with Crippen LogP contribution in [0.15, 0.2) is 27.6 Å². The van der Waals surface area contributed by atoms with Crippen molar-refractivity contribution >= 4 is 50.4 Å². The van der Waals surface area contributed by atoms with E-state index < -0.39 is 15.5 Å². The van der Waals surface area contributed by atoms with Gasteiger partial charge in [-0.05, 0) is 6.07 Å². The first kappa shape index (κ1) is 14.4. The van der Waals surface area contributed by atoms with Crippen LogP contribution in [-0.4, -0.2) is 21.1 Å². The first-order valence-electron chi connectivity index (χ1n) is 5.25. The fourth-order valence-electron chi connectivity index (χ4n) is 1.59. The highest BCUT2D eigenvalue weighted by atomic mass is 35.5. The van der Waals surface area contributed by atoms with E-state index in [0.29, 0.717) is 6.41 Å². The molecule has 0 radical (unpaired) electrons. The van der Waals surface area contributed by atoms with E-state index in [1.54, 1.807) is 0 Å². The number of rotatable bonds is 4. The van der Waals surface area contributed by atoms with Crippen molar-refractivity contribution in [3.63, 3.8) is 0 Å². The highest BCUT2D eigenvalue weighted by Crippen LogP contribution is 2.28. The minimum absolute atomic E-state index is 0.0348. The van der Waals surface area contributed by atoms with E-state index in [-0.39, 0.29) is 27.4 Å². The summed E-state index contributed by atoms with van der Waals surface area (Å²) >= 11 is 5.91. The summed E-state index contributed by atoms with van der Waals surface area (Å²) in [6.07, 6.45) is 2.39. The topological polar surface area (TPSA) is 105 Å². The average Bonchev–Trinajstić information content (AvgIpc) is 2.33. The van der Waals surface area contributed by atoms with Crippen LogP contribution >= 0.6 is 11.6 Å². The summed E-state index contributed by atoms with van der Waals surface area (Å²) in [7, 11) is -3.51. The Balaban J connectivity index is 2.65. The van der Waals surface area contributed by atoms with Crippen LogP contribution in [0.3, 0.4) is 0 Å². The van der Waals surface area contributed by atoms with E-state index in [2.05, 4.69) is 10.0 Å². The van der Waals surface area contributed by atoms with Crippen LogP contribution in [0.4, 0.5) is 11.4 Å². The van der Waals surface area contributed by atoms with Gasteiger partial charge >= 0.3 is 0 Å². The Morgan fingerprint density at radius 2 is 2.00 bits per heavy atom. The Morgan fingerprint density at radius 3 is 2.60 bits per heavy atom. The van der Waals surface area contributed by atoms with Crippen molar-refractivity contribution in [1.29, 1.82) is 0 Å². The Labute approximate surface area is 118 Å². The number of fused-ring (bicyclic) bond motifs is 1. The van der Waals surface area contributed by atoms with Crippen LogP contribution in [-0.2, 0) is 14.8 Å². The predicted molar refractivity (Wildman–Crippen MR) is 75.6 cm³/mol. The number of halogens is 1. The maximum atomic E-state index is 12.0. The third-order valence-electron chi connectivity index (χ3n) is 2.37. The number of anilines is 2. The van der Waals surface area contributed by atoms with Crippen LogP contribution in [0.5, 0.6) is 0 Å². The summed E-state index contributed by atoms with van der Waals surface area (Å²) in [6, 6.07) is 2.57. The van der Waals surface area contributed by atoms with E-state index in [4.69, 9.17) is 16.0 Å². The lowest BCUT2D eigenvalue weighted by Gasteiger charge is -2.08. The lowest BCUT2D eigenvalue weighted by Crippen LogP contribution is -2.12. The van der Waals surface area contributed by atoms with E-state index in [0.717, 1.165) is 12.5 Å². The van der Waals surface area contributed by atoms with E-state index in [9.17, 15) is 18.0 Å². The lowest BCUT2D eigenvalue weighted by atomic mass is 10.2. The molecule has 0 saturated heterocycles. The minimum Gasteiger partial charge on any atom is -0.462 e. The molecule has 2 N–H and O–H groups in total. The van der Waals surface area contributed by atoms with Gasteiger partial charge in [-0.15, -0.1) is 0 Å². The third kappa shape index (κ3) is 2.91. The molecular formula is C11H9ClN2O5S. The van der Waals surface area contributed by atoms with Crippen molar-refractivity contribution in [2.75, 3.05) is 16.3 Å². The molecule has 106 valence electrons. The zero-order valence-electron chi connectivity index (χ0n) is 10.1. The monoisotopic (exact) mass is 316 g/mol. The van der Waals surface area contributed by atoms with Gasteiger partial charge in [0.05, 0.1) is 22.4 Å². The number of sulfonamides is 1. The highest BCUT2D eigenvalue weighted by Gasteiger charge is 2.12. The molecule has 0 spiro atoms. The number of benzene rings is 1. The molecule has 9 heteroatoms. The predicted octanol–water partition coefficient (Wildman–Crippen LogP) is 1.39. The standard InChI is InChI=1S/C11H9ClN2O5S/c1-20(17,18)14-8-3-10-6(2-7(8)12)11(16)9(4-19-10)13-5-15/h2-5,14H,1H3,(H,13,15). The van der Waals surface area contributed by atoms with Crippen molar-refractivity contribution in [1.82, 2.24) is 0 Å². The summed E-state index contributed by atoms with van der Waals surface area (Å²) in [5.74, 6) is 0. The largest absolute Gasteiger partial charge is 0.462 e. The maximum absolute atomic E-state index is 12.0. The van der Waals surface area contributed by atoms with Crippen LogP contribution < -0.4 is 15.5 Å². The van der Waals surface area contributed by atoms with E-state index in [1.165, 1.54) is 12.1 Å². The summed E-state index contributed by atoms with van der Waals surface area (Å²) in [5, 5.41) is 2.36. The van der Waals surface area contributed by atoms with Gasteiger partial charge in [0.2, 0.25) is 21.9 Å². The number of carbonyl (C=O) groups is 1. The molecule has 1 aromatic heterocycles. The molecule has 2 rings (SSSR count). The fourth-order valence-corrected chi connectivity index (χ4v) is 2.43. The second-order valence-corrected chi connectivity index (χ2v) is 6.10. The molecule has 0 atom stereocenters. The molecule has 0 aliphatic heterocycles. The quantitative estimate of drug-likeness (QED) is 0.829. The Hall–Kier alpha value is -2.06. The van der Waals surface area contributed by atoms with Gasteiger partial charge in [-0.25, -0.2) is 8.42 Å². The first-order valence-corrected chi connectivity index (χ1v) is 7.52. The Kier molecular flexibility index (Phi) is 3.69. The van der Waals surface area contributed by atoms with Gasteiger partial charge in [0, 0.05) is 6.07 Å². The van der Waals surface area contributed by atoms with E-state index >= 15 is 0 Å². The molecule has 20 heavy (non-hydrogen) atoms. The first-order chi connectivity index (χ1) is 9.31. The van der Waals surface area contributed by atoms with Crippen LogP contribution in [0.2, 0.25) is 5.02 Å². The van der Waals surface area contributed by atoms with Gasteiger partial charge in [-0.3, -0.25) is 14.3 Å². The molecule has 0 aliphatic carbocycles. The van der Waals surface area contributed by atoms with Gasteiger partial charge in [-0.1, -0.05) is 11.6 Å². The molecule has 1 amide bonds. The number of hydrogen-bond acceptors (Lipinski definition) is 5. The molecule has 1 heterocycles. The average molecular weight is 317 g/mol. The zero-order valence-corrected chi connectivity index (χ0v) is 11.7. The lowest BCUT2D eigenvalue weighted by molar-refractivity contribution is -0.105. The van der Waals surface area contributed by atoms with E-state index in [1.807, 2.05) is 0 Å². The number of amides is 1. The third-order valence-corrected chi connectivity index (χ3v) is 3.28. The molecule has 7 nitrogen and oxygen atoms in total. The maximum Gasteiger partial charge on any atom is 0.229 e. The zero-order chi connectivity index (χ0) is 14.9. The van der Waals surface area contributed by atoms with Gasteiger partial charge in [0.15, 0.2) is 0 Å². The van der Waals surface area contributed by atoms with Gasteiger partial charge in [0.25, 0.3) is 0 Å². The highest BCUT2D eigenvalue weighted by molar-refractivity contribution is 7.92.